The Kier molecular flexibility index (Phi) is 5.56. The second-order valence-corrected chi connectivity index (χ2v) is 6.29. The number of benzene rings is 2. The molecule has 132 valence electrons. The summed E-state index contributed by atoms with van der Waals surface area (Å²) in [5.74, 6) is 0.835. The predicted octanol–water partition coefficient (Wildman–Crippen LogP) is 2.89. The highest BCUT2D eigenvalue weighted by Gasteiger charge is 2.29. The molecule has 0 amide bonds. The Labute approximate surface area is 148 Å². The van der Waals surface area contributed by atoms with Gasteiger partial charge in [-0.15, -0.1) is 0 Å². The molecule has 0 spiro atoms. The Morgan fingerprint density at radius 3 is 2.60 bits per heavy atom. The molecule has 0 aromatic heterocycles. The molecule has 0 radical (unpaired) electrons. The minimum atomic E-state index is -0.725. The van der Waals surface area contributed by atoms with Gasteiger partial charge in [-0.2, -0.15) is 0 Å². The predicted molar refractivity (Wildman–Crippen MR) is 94.7 cm³/mol. The van der Waals surface area contributed by atoms with Crippen LogP contribution >= 0.6 is 0 Å². The molecule has 5 heteroatoms. The molecule has 2 aromatic rings. The zero-order valence-electron chi connectivity index (χ0n) is 14.6. The molecule has 25 heavy (non-hydrogen) atoms. The minimum Gasteiger partial charge on any atom is -0.485 e. The lowest BCUT2D eigenvalue weighted by Gasteiger charge is -2.27. The van der Waals surface area contributed by atoms with E-state index in [1.165, 1.54) is 5.56 Å². The van der Waals surface area contributed by atoms with E-state index in [1.807, 2.05) is 50.4 Å². The van der Waals surface area contributed by atoms with E-state index in [0.29, 0.717) is 18.0 Å². The zero-order chi connectivity index (χ0) is 17.6. The number of ether oxygens (including phenoxy) is 3. The molecule has 0 N–H and O–H groups in total. The third kappa shape index (κ3) is 4.73. The second-order valence-electron chi connectivity index (χ2n) is 6.29. The van der Waals surface area contributed by atoms with Crippen LogP contribution in [0.2, 0.25) is 0 Å². The van der Waals surface area contributed by atoms with E-state index in [0.717, 1.165) is 6.54 Å². The lowest BCUT2D eigenvalue weighted by Crippen LogP contribution is -2.41. The van der Waals surface area contributed by atoms with Gasteiger partial charge in [0, 0.05) is 13.1 Å². The first-order valence-corrected chi connectivity index (χ1v) is 8.43. The molecule has 1 aliphatic rings. The van der Waals surface area contributed by atoms with E-state index in [-0.39, 0.29) is 12.7 Å². The van der Waals surface area contributed by atoms with Crippen molar-refractivity contribution >= 4 is 5.97 Å². The molecule has 5 nitrogen and oxygen atoms in total. The minimum absolute atomic E-state index is 0.169. The Bertz CT molecular complexity index is 704. The first-order valence-electron chi connectivity index (χ1n) is 8.43. The van der Waals surface area contributed by atoms with Crippen molar-refractivity contribution in [2.24, 2.45) is 0 Å². The van der Waals surface area contributed by atoms with Gasteiger partial charge in [-0.05, 0) is 31.7 Å². The SMILES string of the molecule is C[C@@H](CN(C)Cc1ccccc1)OC(=O)[C@@H]1COc2ccccc2O1. The Morgan fingerprint density at radius 1 is 1.16 bits per heavy atom. The van der Waals surface area contributed by atoms with E-state index < -0.39 is 12.1 Å². The van der Waals surface area contributed by atoms with Crippen LogP contribution in [0.3, 0.4) is 0 Å². The molecule has 0 saturated heterocycles. The highest BCUT2D eigenvalue weighted by molar-refractivity contribution is 5.76. The summed E-state index contributed by atoms with van der Waals surface area (Å²) in [6.45, 7) is 3.50. The van der Waals surface area contributed by atoms with Gasteiger partial charge in [-0.3, -0.25) is 4.90 Å². The maximum atomic E-state index is 12.3. The van der Waals surface area contributed by atoms with Gasteiger partial charge in [0.25, 0.3) is 0 Å². The van der Waals surface area contributed by atoms with Crippen molar-refractivity contribution in [3.05, 3.63) is 60.2 Å². The van der Waals surface area contributed by atoms with Crippen LogP contribution < -0.4 is 9.47 Å². The van der Waals surface area contributed by atoms with Crippen molar-refractivity contribution in [1.82, 2.24) is 4.90 Å². The number of likely N-dealkylation sites (N-methyl/N-ethyl adjacent to an activating group) is 1. The summed E-state index contributed by atoms with van der Waals surface area (Å²) in [7, 11) is 2.01. The second kappa shape index (κ2) is 8.03. The van der Waals surface area contributed by atoms with Crippen molar-refractivity contribution in [2.45, 2.75) is 25.7 Å². The van der Waals surface area contributed by atoms with Crippen LogP contribution in [0, 0.1) is 0 Å². The summed E-state index contributed by atoms with van der Waals surface area (Å²) in [5.41, 5.74) is 1.23. The fraction of sp³-hybridized carbons (Fsp3) is 0.350. The number of fused-ring (bicyclic) bond motifs is 1. The van der Waals surface area contributed by atoms with Crippen LogP contribution in [0.4, 0.5) is 0 Å². The number of hydrogen-bond donors (Lipinski definition) is 0. The van der Waals surface area contributed by atoms with E-state index in [9.17, 15) is 4.79 Å². The van der Waals surface area contributed by atoms with Crippen LogP contribution in [0.1, 0.15) is 12.5 Å². The monoisotopic (exact) mass is 341 g/mol. The summed E-state index contributed by atoms with van der Waals surface area (Å²) < 4.78 is 16.8. The van der Waals surface area contributed by atoms with Crippen molar-refractivity contribution < 1.29 is 19.0 Å². The molecule has 2 aromatic carbocycles. The van der Waals surface area contributed by atoms with Gasteiger partial charge in [0.15, 0.2) is 11.5 Å². The molecule has 0 bridgehead atoms. The Morgan fingerprint density at radius 2 is 1.84 bits per heavy atom. The normalized spacial score (nSPS) is 17.2. The maximum absolute atomic E-state index is 12.3. The van der Waals surface area contributed by atoms with Crippen molar-refractivity contribution in [3.63, 3.8) is 0 Å². The molecule has 2 atom stereocenters. The highest BCUT2D eigenvalue weighted by atomic mass is 16.6. The molecule has 1 aliphatic heterocycles. The number of carbonyl (C=O) groups is 1. The molecule has 0 saturated carbocycles. The summed E-state index contributed by atoms with van der Waals surface area (Å²) in [6, 6.07) is 17.5. The number of rotatable bonds is 6. The van der Waals surface area contributed by atoms with Crippen molar-refractivity contribution in [2.75, 3.05) is 20.2 Å². The maximum Gasteiger partial charge on any atom is 0.351 e. The van der Waals surface area contributed by atoms with Gasteiger partial charge in [0.2, 0.25) is 6.10 Å². The number of esters is 1. The number of hydrogen-bond acceptors (Lipinski definition) is 5. The van der Waals surface area contributed by atoms with Crippen LogP contribution in [0.25, 0.3) is 0 Å². The molecular weight excluding hydrogens is 318 g/mol. The van der Waals surface area contributed by atoms with Crippen molar-refractivity contribution in [1.29, 1.82) is 0 Å². The molecule has 1 heterocycles. The topological polar surface area (TPSA) is 48.0 Å². The third-order valence-corrected chi connectivity index (χ3v) is 3.95. The molecule has 0 unspecified atom stereocenters. The van der Waals surface area contributed by atoms with Gasteiger partial charge < -0.3 is 14.2 Å². The zero-order valence-corrected chi connectivity index (χ0v) is 14.6. The number of para-hydroxylation sites is 2. The van der Waals surface area contributed by atoms with Gasteiger partial charge in [-0.25, -0.2) is 4.79 Å². The smallest absolute Gasteiger partial charge is 0.351 e. The molecular formula is C20H23NO4. The fourth-order valence-corrected chi connectivity index (χ4v) is 2.85. The average Bonchev–Trinajstić information content (AvgIpc) is 2.61. The lowest BCUT2D eigenvalue weighted by atomic mass is 10.2. The Hall–Kier alpha value is -2.53. The molecule has 0 fully saturated rings. The largest absolute Gasteiger partial charge is 0.485 e. The van der Waals surface area contributed by atoms with E-state index in [1.54, 1.807) is 6.07 Å². The van der Waals surface area contributed by atoms with Crippen LogP contribution in [-0.4, -0.2) is 43.3 Å². The number of nitrogens with zero attached hydrogens (tertiary/aromatic N) is 1. The van der Waals surface area contributed by atoms with Crippen LogP contribution in [0.15, 0.2) is 54.6 Å². The molecule has 0 aliphatic carbocycles. The average molecular weight is 341 g/mol. The summed E-state index contributed by atoms with van der Waals surface area (Å²) in [6.07, 6.45) is -0.959. The molecule has 3 rings (SSSR count). The fourth-order valence-electron chi connectivity index (χ4n) is 2.85. The number of carbonyl (C=O) groups excluding carboxylic acids is 1. The van der Waals surface area contributed by atoms with Crippen molar-refractivity contribution in [3.8, 4) is 11.5 Å². The van der Waals surface area contributed by atoms with E-state index >= 15 is 0 Å². The lowest BCUT2D eigenvalue weighted by molar-refractivity contribution is -0.159. The Balaban J connectivity index is 1.48. The van der Waals surface area contributed by atoms with E-state index in [4.69, 9.17) is 14.2 Å². The van der Waals surface area contributed by atoms with Gasteiger partial charge in [-0.1, -0.05) is 42.5 Å². The third-order valence-electron chi connectivity index (χ3n) is 3.95. The van der Waals surface area contributed by atoms with Gasteiger partial charge >= 0.3 is 5.97 Å². The van der Waals surface area contributed by atoms with Gasteiger partial charge in [0.05, 0.1) is 0 Å². The summed E-state index contributed by atoms with van der Waals surface area (Å²) in [5, 5.41) is 0. The summed E-state index contributed by atoms with van der Waals surface area (Å²) >= 11 is 0. The summed E-state index contributed by atoms with van der Waals surface area (Å²) in [4.78, 5) is 14.4. The van der Waals surface area contributed by atoms with E-state index in [2.05, 4.69) is 17.0 Å². The first-order chi connectivity index (χ1) is 12.1. The quantitative estimate of drug-likeness (QED) is 0.756. The highest BCUT2D eigenvalue weighted by Crippen LogP contribution is 2.31. The first kappa shape index (κ1) is 17.3. The van der Waals surface area contributed by atoms with Crippen LogP contribution in [0.5, 0.6) is 11.5 Å². The van der Waals surface area contributed by atoms with Gasteiger partial charge in [0.1, 0.15) is 12.7 Å². The van der Waals surface area contributed by atoms with Crippen LogP contribution in [-0.2, 0) is 16.1 Å². The standard InChI is InChI=1S/C20H23NO4/c1-15(12-21(2)13-16-8-4-3-5-9-16)24-20(22)19-14-23-17-10-6-7-11-18(17)25-19/h3-11,15,19H,12-14H2,1-2H3/t15-,19-/m0/s1.